The van der Waals surface area contributed by atoms with Crippen LogP contribution in [0.4, 0.5) is 5.82 Å². The topological polar surface area (TPSA) is 51.8 Å². The van der Waals surface area contributed by atoms with E-state index in [0.717, 1.165) is 33.3 Å². The van der Waals surface area contributed by atoms with Gasteiger partial charge in [-0.25, -0.2) is 9.97 Å². The number of hydrogen-bond acceptors (Lipinski definition) is 3. The van der Waals surface area contributed by atoms with E-state index in [9.17, 15) is 0 Å². The largest absolute Gasteiger partial charge is 0.383 e. The number of anilines is 1. The van der Waals surface area contributed by atoms with Crippen molar-refractivity contribution in [3.63, 3.8) is 0 Å². The Morgan fingerprint density at radius 2 is 1.94 bits per heavy atom. The molecule has 0 fully saturated rings. The quantitative estimate of drug-likeness (QED) is 0.921. The highest BCUT2D eigenvalue weighted by atomic mass is 79.9. The molecule has 3 nitrogen and oxygen atoms in total. The van der Waals surface area contributed by atoms with Crippen molar-refractivity contribution >= 4 is 21.7 Å². The van der Waals surface area contributed by atoms with E-state index in [0.29, 0.717) is 11.6 Å². The molecule has 18 heavy (non-hydrogen) atoms. The zero-order valence-electron chi connectivity index (χ0n) is 10.8. The Balaban J connectivity index is 2.60. The highest BCUT2D eigenvalue weighted by Crippen LogP contribution is 2.25. The lowest BCUT2D eigenvalue weighted by Crippen LogP contribution is -2.04. The van der Waals surface area contributed by atoms with Crippen LogP contribution in [0.15, 0.2) is 22.7 Å². The summed E-state index contributed by atoms with van der Waals surface area (Å²) in [5.41, 5.74) is 10.1. The van der Waals surface area contributed by atoms with Gasteiger partial charge in [0.15, 0.2) is 5.82 Å². The highest BCUT2D eigenvalue weighted by Gasteiger charge is 2.10. The van der Waals surface area contributed by atoms with Gasteiger partial charge in [0, 0.05) is 21.3 Å². The molecule has 1 aromatic carbocycles. The highest BCUT2D eigenvalue weighted by molar-refractivity contribution is 9.10. The summed E-state index contributed by atoms with van der Waals surface area (Å²) in [6.07, 6.45) is 0.862. The molecular formula is C14H16BrN3. The molecule has 2 N–H and O–H groups in total. The van der Waals surface area contributed by atoms with E-state index in [4.69, 9.17) is 5.73 Å². The maximum absolute atomic E-state index is 5.95. The molecule has 0 amide bonds. The molecule has 1 heterocycles. The predicted octanol–water partition coefficient (Wildman–Crippen LogP) is 3.67. The zero-order chi connectivity index (χ0) is 13.3. The van der Waals surface area contributed by atoms with E-state index in [2.05, 4.69) is 38.9 Å². The Morgan fingerprint density at radius 3 is 2.56 bits per heavy atom. The molecule has 0 saturated heterocycles. The smallest absolute Gasteiger partial charge is 0.162 e. The second-order valence-corrected chi connectivity index (χ2v) is 5.23. The average molecular weight is 306 g/mol. The van der Waals surface area contributed by atoms with Crippen molar-refractivity contribution < 1.29 is 0 Å². The fourth-order valence-electron chi connectivity index (χ4n) is 1.93. The SMILES string of the molecule is CCc1nc(-c2ccc(Br)cc2C)nc(N)c1C. The van der Waals surface area contributed by atoms with E-state index in [1.165, 1.54) is 0 Å². The Kier molecular flexibility index (Phi) is 3.66. The molecule has 0 unspecified atom stereocenters. The lowest BCUT2D eigenvalue weighted by Gasteiger charge is -2.10. The first kappa shape index (κ1) is 13.0. The maximum Gasteiger partial charge on any atom is 0.162 e. The first-order valence-electron chi connectivity index (χ1n) is 5.92. The van der Waals surface area contributed by atoms with E-state index in [-0.39, 0.29) is 0 Å². The molecular weight excluding hydrogens is 290 g/mol. The Labute approximate surface area is 116 Å². The normalized spacial score (nSPS) is 10.7. The number of aromatic nitrogens is 2. The number of nitrogen functional groups attached to an aromatic ring is 1. The molecule has 0 radical (unpaired) electrons. The summed E-state index contributed by atoms with van der Waals surface area (Å²) in [5.74, 6) is 1.28. The molecule has 0 aliphatic heterocycles. The van der Waals surface area contributed by atoms with E-state index in [1.54, 1.807) is 0 Å². The summed E-state index contributed by atoms with van der Waals surface area (Å²) in [6.45, 7) is 6.09. The van der Waals surface area contributed by atoms with Crippen molar-refractivity contribution in [3.8, 4) is 11.4 Å². The van der Waals surface area contributed by atoms with Crippen LogP contribution in [0, 0.1) is 13.8 Å². The van der Waals surface area contributed by atoms with Crippen LogP contribution in [0.5, 0.6) is 0 Å². The fourth-order valence-corrected chi connectivity index (χ4v) is 2.40. The minimum atomic E-state index is 0.569. The number of hydrogen-bond donors (Lipinski definition) is 1. The molecule has 2 aromatic rings. The third-order valence-electron chi connectivity index (χ3n) is 3.05. The number of nitrogens with two attached hydrogens (primary N) is 1. The zero-order valence-corrected chi connectivity index (χ0v) is 12.4. The third kappa shape index (κ3) is 2.38. The molecule has 0 atom stereocenters. The van der Waals surface area contributed by atoms with Crippen LogP contribution in [0.3, 0.4) is 0 Å². The molecule has 0 aliphatic rings. The average Bonchev–Trinajstić information content (AvgIpc) is 2.32. The van der Waals surface area contributed by atoms with Crippen molar-refractivity contribution in [3.05, 3.63) is 39.5 Å². The summed E-state index contributed by atoms with van der Waals surface area (Å²) in [6, 6.07) is 6.07. The Bertz CT molecular complexity index is 594. The molecule has 0 spiro atoms. The van der Waals surface area contributed by atoms with Crippen molar-refractivity contribution in [2.24, 2.45) is 0 Å². The van der Waals surface area contributed by atoms with Crippen LogP contribution >= 0.6 is 15.9 Å². The van der Waals surface area contributed by atoms with Gasteiger partial charge in [-0.3, -0.25) is 0 Å². The van der Waals surface area contributed by atoms with Crippen LogP contribution < -0.4 is 5.73 Å². The molecule has 4 heteroatoms. The summed E-state index contributed by atoms with van der Waals surface area (Å²) in [5, 5.41) is 0. The van der Waals surface area contributed by atoms with Crippen LogP contribution in [-0.4, -0.2) is 9.97 Å². The Morgan fingerprint density at radius 1 is 1.22 bits per heavy atom. The second kappa shape index (κ2) is 5.06. The van der Waals surface area contributed by atoms with Gasteiger partial charge in [-0.1, -0.05) is 22.9 Å². The van der Waals surface area contributed by atoms with Crippen molar-refractivity contribution in [1.82, 2.24) is 9.97 Å². The number of benzene rings is 1. The number of aryl methyl sites for hydroxylation is 2. The van der Waals surface area contributed by atoms with Gasteiger partial charge in [0.2, 0.25) is 0 Å². The second-order valence-electron chi connectivity index (χ2n) is 4.32. The maximum atomic E-state index is 5.95. The standard InChI is InChI=1S/C14H16BrN3/c1-4-12-9(3)13(16)18-14(17-12)11-6-5-10(15)7-8(11)2/h5-7H,4H2,1-3H3,(H2,16,17,18). The summed E-state index contributed by atoms with van der Waals surface area (Å²) in [7, 11) is 0. The molecule has 0 bridgehead atoms. The third-order valence-corrected chi connectivity index (χ3v) is 3.54. The van der Waals surface area contributed by atoms with E-state index >= 15 is 0 Å². The van der Waals surface area contributed by atoms with E-state index in [1.807, 2.05) is 26.0 Å². The van der Waals surface area contributed by atoms with Gasteiger partial charge in [0.05, 0.1) is 0 Å². The Hall–Kier alpha value is -1.42. The summed E-state index contributed by atoms with van der Waals surface area (Å²) in [4.78, 5) is 9.00. The number of rotatable bonds is 2. The minimum Gasteiger partial charge on any atom is -0.383 e. The monoisotopic (exact) mass is 305 g/mol. The van der Waals surface area contributed by atoms with Gasteiger partial charge >= 0.3 is 0 Å². The lowest BCUT2D eigenvalue weighted by molar-refractivity contribution is 0.981. The number of halogens is 1. The van der Waals surface area contributed by atoms with Crippen LogP contribution in [0.2, 0.25) is 0 Å². The first-order chi connectivity index (χ1) is 8.52. The molecule has 0 saturated carbocycles. The van der Waals surface area contributed by atoms with Crippen LogP contribution in [0.25, 0.3) is 11.4 Å². The van der Waals surface area contributed by atoms with Crippen LogP contribution in [-0.2, 0) is 6.42 Å². The molecule has 2 rings (SSSR count). The van der Waals surface area contributed by atoms with Crippen LogP contribution in [0.1, 0.15) is 23.7 Å². The number of nitrogens with zero attached hydrogens (tertiary/aromatic N) is 2. The van der Waals surface area contributed by atoms with Gasteiger partial charge in [-0.05, 0) is 44.0 Å². The van der Waals surface area contributed by atoms with Gasteiger partial charge < -0.3 is 5.73 Å². The molecule has 94 valence electrons. The first-order valence-corrected chi connectivity index (χ1v) is 6.71. The van der Waals surface area contributed by atoms with Gasteiger partial charge in [0.25, 0.3) is 0 Å². The summed E-state index contributed by atoms with van der Waals surface area (Å²) >= 11 is 3.46. The lowest BCUT2D eigenvalue weighted by atomic mass is 10.1. The van der Waals surface area contributed by atoms with Crippen molar-refractivity contribution in [2.45, 2.75) is 27.2 Å². The molecule has 1 aromatic heterocycles. The van der Waals surface area contributed by atoms with Gasteiger partial charge in [-0.15, -0.1) is 0 Å². The van der Waals surface area contributed by atoms with Crippen molar-refractivity contribution in [1.29, 1.82) is 0 Å². The summed E-state index contributed by atoms with van der Waals surface area (Å²) < 4.78 is 1.06. The fraction of sp³-hybridized carbons (Fsp3) is 0.286. The molecule has 0 aliphatic carbocycles. The van der Waals surface area contributed by atoms with E-state index < -0.39 is 0 Å². The van der Waals surface area contributed by atoms with Gasteiger partial charge in [0.1, 0.15) is 5.82 Å². The van der Waals surface area contributed by atoms with Gasteiger partial charge in [-0.2, -0.15) is 0 Å². The predicted molar refractivity (Wildman–Crippen MR) is 78.4 cm³/mol. The minimum absolute atomic E-state index is 0.569. The van der Waals surface area contributed by atoms with Crippen molar-refractivity contribution in [2.75, 3.05) is 5.73 Å².